The number of halogens is 10. The van der Waals surface area contributed by atoms with Gasteiger partial charge in [-0.3, -0.25) is 9.59 Å². The largest absolute Gasteiger partial charge is 0.405 e. The fraction of sp³-hybridized carbons (Fsp3) is 0.273. The highest BCUT2D eigenvalue weighted by atomic mass is 35.5. The van der Waals surface area contributed by atoms with E-state index in [1.54, 1.807) is 5.32 Å². The molecule has 0 aliphatic carbocycles. The fourth-order valence-electron chi connectivity index (χ4n) is 2.88. The molecule has 0 aromatic heterocycles. The van der Waals surface area contributed by atoms with Crippen LogP contribution in [0.3, 0.4) is 0 Å². The summed E-state index contributed by atoms with van der Waals surface area (Å²) in [5.74, 6) is -4.86. The van der Waals surface area contributed by atoms with Crippen LogP contribution in [0.2, 0.25) is 15.1 Å². The third-order valence-electron chi connectivity index (χ3n) is 4.56. The van der Waals surface area contributed by atoms with Crippen molar-refractivity contribution < 1.29 is 40.3 Å². The quantitative estimate of drug-likeness (QED) is 0.202. The second-order valence-electron chi connectivity index (χ2n) is 7.23. The molecule has 13 heteroatoms. The van der Waals surface area contributed by atoms with E-state index in [9.17, 15) is 40.3 Å². The molecule has 0 radical (unpaired) electrons. The van der Waals surface area contributed by atoms with Gasteiger partial charge in [-0.05, 0) is 35.4 Å². The molecule has 3 nitrogen and oxygen atoms in total. The Hall–Kier alpha value is -2.30. The molecule has 0 aliphatic rings. The summed E-state index contributed by atoms with van der Waals surface area (Å²) < 4.78 is 90.7. The summed E-state index contributed by atoms with van der Waals surface area (Å²) in [5, 5.41) is 0.342. The maximum atomic E-state index is 13.6. The molecule has 0 heterocycles. The van der Waals surface area contributed by atoms with Crippen molar-refractivity contribution in [2.24, 2.45) is 0 Å². The van der Waals surface area contributed by atoms with Gasteiger partial charge in [0.2, 0.25) is 5.91 Å². The highest BCUT2D eigenvalue weighted by molar-refractivity contribution is 6.35. The molecule has 2 rings (SSSR count). The SMILES string of the molecule is O=C(CCC(=O)c1ccc(/C=C/C(c2cc(Cl)c(F)c(Cl)c2)C(F)(F)F)cc1Cl)NCC(F)(F)F. The van der Waals surface area contributed by atoms with Gasteiger partial charge in [-0.15, -0.1) is 0 Å². The lowest BCUT2D eigenvalue weighted by molar-refractivity contribution is -0.139. The Morgan fingerprint density at radius 2 is 1.51 bits per heavy atom. The first-order valence-electron chi connectivity index (χ1n) is 9.64. The van der Waals surface area contributed by atoms with Crippen LogP contribution in [0.5, 0.6) is 0 Å². The Kier molecular flexibility index (Phi) is 9.61. The van der Waals surface area contributed by atoms with Crippen LogP contribution in [0.1, 0.15) is 40.2 Å². The standard InChI is InChI=1S/C22H15Cl3F7NO2/c23-15-7-11(1-3-13(15)18(34)5-6-19(35)33-10-21(27,28)29)2-4-14(22(30,31)32)12-8-16(24)20(26)17(25)9-12/h1-4,7-9,14H,5-6,10H2,(H,33,35)/b4-2+. The summed E-state index contributed by atoms with van der Waals surface area (Å²) in [4.78, 5) is 23.7. The zero-order chi connectivity index (χ0) is 26.6. The number of alkyl halides is 6. The lowest BCUT2D eigenvalue weighted by atomic mass is 9.96. The Morgan fingerprint density at radius 1 is 0.914 bits per heavy atom. The van der Waals surface area contributed by atoms with Crippen molar-refractivity contribution in [1.82, 2.24) is 5.32 Å². The maximum absolute atomic E-state index is 13.6. The van der Waals surface area contributed by atoms with Gasteiger partial charge in [0.05, 0.1) is 21.0 Å². The molecule has 0 fully saturated rings. The van der Waals surface area contributed by atoms with E-state index in [-0.39, 0.29) is 16.1 Å². The van der Waals surface area contributed by atoms with Crippen LogP contribution in [-0.4, -0.2) is 30.6 Å². The molecular weight excluding hydrogens is 550 g/mol. The smallest absolute Gasteiger partial charge is 0.347 e. The molecule has 1 amide bonds. The van der Waals surface area contributed by atoms with Crippen molar-refractivity contribution >= 4 is 52.6 Å². The number of allylic oxidation sites excluding steroid dienone is 1. The minimum Gasteiger partial charge on any atom is -0.347 e. The van der Waals surface area contributed by atoms with Crippen molar-refractivity contribution in [2.45, 2.75) is 31.1 Å². The highest BCUT2D eigenvalue weighted by Crippen LogP contribution is 2.39. The average molecular weight is 565 g/mol. The van der Waals surface area contributed by atoms with Gasteiger partial charge in [0.15, 0.2) is 11.6 Å². The molecule has 2 aromatic rings. The Morgan fingerprint density at radius 3 is 2.03 bits per heavy atom. The summed E-state index contributed by atoms with van der Waals surface area (Å²) in [6.45, 7) is -1.53. The molecule has 35 heavy (non-hydrogen) atoms. The van der Waals surface area contributed by atoms with Crippen LogP contribution < -0.4 is 5.32 Å². The van der Waals surface area contributed by atoms with E-state index in [0.29, 0.717) is 0 Å². The molecule has 0 aliphatic heterocycles. The Balaban J connectivity index is 2.15. The molecule has 1 unspecified atom stereocenters. The predicted molar refractivity (Wildman–Crippen MR) is 118 cm³/mol. The number of nitrogens with one attached hydrogen (secondary N) is 1. The van der Waals surface area contributed by atoms with Crippen LogP contribution >= 0.6 is 34.8 Å². The lowest BCUT2D eigenvalue weighted by Crippen LogP contribution is -2.33. The normalized spacial score (nSPS) is 13.2. The minimum atomic E-state index is -4.77. The molecule has 1 atom stereocenters. The number of amides is 1. The van der Waals surface area contributed by atoms with Crippen LogP contribution in [0.25, 0.3) is 6.08 Å². The van der Waals surface area contributed by atoms with E-state index in [1.165, 1.54) is 18.2 Å². The van der Waals surface area contributed by atoms with Gasteiger partial charge in [-0.25, -0.2) is 4.39 Å². The number of hydrogen-bond donors (Lipinski definition) is 1. The van der Waals surface area contributed by atoms with E-state index < -0.39 is 70.8 Å². The summed E-state index contributed by atoms with van der Waals surface area (Å²) in [7, 11) is 0. The van der Waals surface area contributed by atoms with Gasteiger partial charge >= 0.3 is 12.4 Å². The molecule has 2 aromatic carbocycles. The van der Waals surface area contributed by atoms with Gasteiger partial charge in [0.25, 0.3) is 0 Å². The fourth-order valence-corrected chi connectivity index (χ4v) is 3.68. The van der Waals surface area contributed by atoms with E-state index >= 15 is 0 Å². The summed E-state index contributed by atoms with van der Waals surface area (Å²) in [6.07, 6.45) is -8.45. The van der Waals surface area contributed by atoms with Crippen molar-refractivity contribution in [3.05, 3.63) is 74.0 Å². The molecule has 1 N–H and O–H groups in total. The van der Waals surface area contributed by atoms with Crippen molar-refractivity contribution in [3.8, 4) is 0 Å². The van der Waals surface area contributed by atoms with Gasteiger partial charge in [-0.1, -0.05) is 53.0 Å². The predicted octanol–water partition coefficient (Wildman–Crippen LogP) is 7.79. The number of carbonyl (C=O) groups is 2. The molecular formula is C22H15Cl3F7NO2. The van der Waals surface area contributed by atoms with Gasteiger partial charge in [0, 0.05) is 18.4 Å². The third-order valence-corrected chi connectivity index (χ3v) is 5.42. The number of hydrogen-bond acceptors (Lipinski definition) is 2. The monoisotopic (exact) mass is 563 g/mol. The van der Waals surface area contributed by atoms with E-state index in [2.05, 4.69) is 0 Å². The minimum absolute atomic E-state index is 0.0584. The van der Waals surface area contributed by atoms with Crippen LogP contribution in [0.15, 0.2) is 36.4 Å². The number of ketones is 1. The number of carbonyl (C=O) groups excluding carboxylic acids is 2. The molecule has 190 valence electrons. The first-order chi connectivity index (χ1) is 16.1. The van der Waals surface area contributed by atoms with Gasteiger partial charge in [0.1, 0.15) is 6.54 Å². The second-order valence-corrected chi connectivity index (χ2v) is 8.45. The highest BCUT2D eigenvalue weighted by Gasteiger charge is 2.39. The van der Waals surface area contributed by atoms with Crippen LogP contribution in [0, 0.1) is 5.82 Å². The molecule has 0 saturated carbocycles. The average Bonchev–Trinajstić information content (AvgIpc) is 2.73. The first kappa shape index (κ1) is 28.9. The molecule has 0 bridgehead atoms. The van der Waals surface area contributed by atoms with Crippen molar-refractivity contribution in [1.29, 1.82) is 0 Å². The lowest BCUT2D eigenvalue weighted by Gasteiger charge is -2.18. The summed E-state index contributed by atoms with van der Waals surface area (Å²) in [5.41, 5.74) is -0.272. The van der Waals surface area contributed by atoms with Crippen molar-refractivity contribution in [2.75, 3.05) is 6.54 Å². The van der Waals surface area contributed by atoms with E-state index in [1.807, 2.05) is 0 Å². The number of Topliss-reactive ketones (excluding diaryl/α,β-unsaturated/α-hetero) is 1. The van der Waals surface area contributed by atoms with Crippen molar-refractivity contribution in [3.63, 3.8) is 0 Å². The van der Waals surface area contributed by atoms with Crippen LogP contribution in [0.4, 0.5) is 30.7 Å². The Labute approximate surface area is 209 Å². The van der Waals surface area contributed by atoms with Crippen LogP contribution in [-0.2, 0) is 4.79 Å². The number of rotatable bonds is 8. The second kappa shape index (κ2) is 11.6. The van der Waals surface area contributed by atoms with Gasteiger partial charge in [-0.2, -0.15) is 26.3 Å². The molecule has 0 saturated heterocycles. The first-order valence-corrected chi connectivity index (χ1v) is 10.8. The zero-order valence-electron chi connectivity index (χ0n) is 17.3. The molecule has 0 spiro atoms. The third kappa shape index (κ3) is 8.70. The zero-order valence-corrected chi connectivity index (χ0v) is 19.6. The maximum Gasteiger partial charge on any atom is 0.405 e. The number of benzene rings is 2. The topological polar surface area (TPSA) is 46.2 Å². The summed E-state index contributed by atoms with van der Waals surface area (Å²) >= 11 is 17.3. The Bertz CT molecular complexity index is 1110. The van der Waals surface area contributed by atoms with E-state index in [0.717, 1.165) is 24.3 Å². The van der Waals surface area contributed by atoms with Gasteiger partial charge < -0.3 is 5.32 Å². The summed E-state index contributed by atoms with van der Waals surface area (Å²) in [6, 6.07) is 5.33. The van der Waals surface area contributed by atoms with E-state index in [4.69, 9.17) is 34.8 Å².